The van der Waals surface area contributed by atoms with Gasteiger partial charge in [-0.1, -0.05) is 72.8 Å². The Hall–Kier alpha value is -1.78. The molecule has 0 bridgehead atoms. The highest BCUT2D eigenvalue weighted by Gasteiger charge is 2.40. The van der Waals surface area contributed by atoms with Crippen LogP contribution < -0.4 is 5.32 Å². The first-order chi connectivity index (χ1) is 18.5. The molecule has 228 valence electrons. The summed E-state index contributed by atoms with van der Waals surface area (Å²) in [5, 5.41) is 16.1. The summed E-state index contributed by atoms with van der Waals surface area (Å²) in [7, 11) is 1.28. The molecule has 0 aliphatic rings. The largest absolute Gasteiger partial charge is 0.439 e. The molecular weight excluding hydrogens is 541 g/mol. The van der Waals surface area contributed by atoms with E-state index in [2.05, 4.69) is 78.4 Å². The van der Waals surface area contributed by atoms with Crippen LogP contribution in [-0.2, 0) is 13.9 Å². The van der Waals surface area contributed by atoms with Crippen LogP contribution in [0.2, 0.25) is 18.1 Å². The van der Waals surface area contributed by atoms with Crippen LogP contribution in [0.3, 0.4) is 0 Å². The lowest BCUT2D eigenvalue weighted by Gasteiger charge is -2.41. The summed E-state index contributed by atoms with van der Waals surface area (Å²) in [6.45, 7) is 25.5. The van der Waals surface area contributed by atoms with Crippen molar-refractivity contribution in [2.75, 3.05) is 14.2 Å². The molecule has 0 aliphatic heterocycles. The van der Waals surface area contributed by atoms with E-state index >= 15 is 0 Å². The number of thiazole rings is 1. The minimum absolute atomic E-state index is 0.0773. The van der Waals surface area contributed by atoms with Gasteiger partial charge in [-0.25, -0.2) is 9.78 Å². The lowest BCUT2D eigenvalue weighted by molar-refractivity contribution is 0.0374. The summed E-state index contributed by atoms with van der Waals surface area (Å²) >= 11 is 1.40. The lowest BCUT2D eigenvalue weighted by Crippen LogP contribution is -2.46. The molecule has 40 heavy (non-hydrogen) atoms. The zero-order valence-electron chi connectivity index (χ0n) is 26.8. The van der Waals surface area contributed by atoms with E-state index in [4.69, 9.17) is 13.9 Å². The number of ether oxygens (including phenoxy) is 2. The number of alkyl carbamates (subject to hydrolysis) is 1. The number of aliphatic hydroxyl groups is 1. The molecule has 2 N–H and O–H groups in total. The smallest absolute Gasteiger partial charge is 0.407 e. The molecule has 0 saturated heterocycles. The topological polar surface area (TPSA) is 89.9 Å². The molecule has 6 atom stereocenters. The minimum atomic E-state index is -1.98. The number of hydrogen-bond donors (Lipinski definition) is 2. The number of hydrogen-bond acceptors (Lipinski definition) is 7. The molecule has 0 aliphatic carbocycles. The molecule has 1 rings (SSSR count). The van der Waals surface area contributed by atoms with Crippen molar-refractivity contribution in [2.45, 2.75) is 104 Å². The quantitative estimate of drug-likeness (QED) is 0.122. The third-order valence-electron chi connectivity index (χ3n) is 7.70. The average Bonchev–Trinajstić information content (AvgIpc) is 3.35. The first-order valence-electron chi connectivity index (χ1n) is 14.2. The maximum atomic E-state index is 11.8. The van der Waals surface area contributed by atoms with Gasteiger partial charge in [-0.05, 0) is 43.0 Å². The Morgan fingerprint density at radius 2 is 1.88 bits per heavy atom. The summed E-state index contributed by atoms with van der Waals surface area (Å²) in [4.78, 5) is 16.5. The van der Waals surface area contributed by atoms with Gasteiger partial charge < -0.3 is 24.3 Å². The number of methoxy groups -OCH3 is 1. The van der Waals surface area contributed by atoms with E-state index in [0.717, 1.165) is 5.57 Å². The summed E-state index contributed by atoms with van der Waals surface area (Å²) < 4.78 is 18.1. The second-order valence-electron chi connectivity index (χ2n) is 12.6. The molecule has 1 aromatic rings. The van der Waals surface area contributed by atoms with Crippen molar-refractivity contribution in [3.05, 3.63) is 52.5 Å². The van der Waals surface area contributed by atoms with Crippen molar-refractivity contribution >= 4 is 25.7 Å². The maximum absolute atomic E-state index is 11.8. The highest BCUT2D eigenvalue weighted by atomic mass is 32.1. The minimum Gasteiger partial charge on any atom is -0.439 e. The molecule has 0 fully saturated rings. The third kappa shape index (κ3) is 10.6. The van der Waals surface area contributed by atoms with Crippen LogP contribution >= 0.6 is 11.3 Å². The highest BCUT2D eigenvalue weighted by molar-refractivity contribution is 7.09. The lowest BCUT2D eigenvalue weighted by atomic mass is 9.92. The predicted molar refractivity (Wildman–Crippen MR) is 169 cm³/mol. The van der Waals surface area contributed by atoms with Gasteiger partial charge in [0.2, 0.25) is 0 Å². The molecule has 0 saturated carbocycles. The van der Waals surface area contributed by atoms with Gasteiger partial charge in [0.15, 0.2) is 14.4 Å². The van der Waals surface area contributed by atoms with Crippen LogP contribution in [0.4, 0.5) is 4.79 Å². The molecule has 0 aromatic carbocycles. The number of rotatable bonds is 15. The second kappa shape index (κ2) is 16.0. The third-order valence-corrected chi connectivity index (χ3v) is 13.1. The Kier molecular flexibility index (Phi) is 14.5. The first-order valence-corrected chi connectivity index (χ1v) is 18.0. The monoisotopic (exact) mass is 594 g/mol. The summed E-state index contributed by atoms with van der Waals surface area (Å²) in [6, 6.07) is 0. The number of aliphatic hydroxyl groups excluding tert-OH is 1. The number of nitrogens with zero attached hydrogens (tertiary/aromatic N) is 1. The number of carbonyl (C=O) groups is 1. The number of aromatic nitrogens is 1. The average molecular weight is 595 g/mol. The molecule has 0 unspecified atom stereocenters. The molecule has 7 nitrogen and oxygen atoms in total. The van der Waals surface area contributed by atoms with Crippen LogP contribution in [0.25, 0.3) is 0 Å². The van der Waals surface area contributed by atoms with Crippen LogP contribution in [0, 0.1) is 17.8 Å². The van der Waals surface area contributed by atoms with Crippen molar-refractivity contribution in [2.24, 2.45) is 17.8 Å². The molecular formula is C31H54N2O5SSi. The fourth-order valence-electron chi connectivity index (χ4n) is 4.13. The molecule has 0 spiro atoms. The molecule has 1 aromatic heterocycles. The van der Waals surface area contributed by atoms with Gasteiger partial charge in [0.25, 0.3) is 0 Å². The molecule has 1 heterocycles. The van der Waals surface area contributed by atoms with Gasteiger partial charge in [0.1, 0.15) is 11.1 Å². The summed E-state index contributed by atoms with van der Waals surface area (Å²) in [6.07, 6.45) is 6.53. The summed E-state index contributed by atoms with van der Waals surface area (Å²) in [5.74, 6) is 0.222. The molecule has 9 heteroatoms. The van der Waals surface area contributed by atoms with Gasteiger partial charge in [-0.15, -0.1) is 17.9 Å². The fraction of sp³-hybridized carbons (Fsp3) is 0.677. The van der Waals surface area contributed by atoms with E-state index in [-0.39, 0.29) is 29.1 Å². The maximum Gasteiger partial charge on any atom is 0.407 e. The van der Waals surface area contributed by atoms with Gasteiger partial charge in [-0.3, -0.25) is 0 Å². The fourth-order valence-corrected chi connectivity index (χ4v) is 6.36. The number of amides is 1. The van der Waals surface area contributed by atoms with E-state index in [1.54, 1.807) is 7.11 Å². The van der Waals surface area contributed by atoms with E-state index in [1.807, 2.05) is 36.6 Å². The van der Waals surface area contributed by atoms with Crippen molar-refractivity contribution in [3.8, 4) is 0 Å². The van der Waals surface area contributed by atoms with Crippen LogP contribution in [0.5, 0.6) is 0 Å². The first kappa shape index (κ1) is 36.2. The van der Waals surface area contributed by atoms with E-state index in [0.29, 0.717) is 23.0 Å². The van der Waals surface area contributed by atoms with Crippen LogP contribution in [0.1, 0.15) is 84.7 Å². The highest BCUT2D eigenvalue weighted by Crippen LogP contribution is 2.39. The van der Waals surface area contributed by atoms with Gasteiger partial charge in [0, 0.05) is 31.4 Å². The van der Waals surface area contributed by atoms with Crippen molar-refractivity contribution < 1.29 is 23.8 Å². The van der Waals surface area contributed by atoms with Crippen LogP contribution in [0.15, 0.2) is 41.8 Å². The Morgan fingerprint density at radius 1 is 1.25 bits per heavy atom. The van der Waals surface area contributed by atoms with E-state index in [1.165, 1.54) is 18.4 Å². The van der Waals surface area contributed by atoms with Crippen LogP contribution in [-0.4, -0.2) is 50.9 Å². The van der Waals surface area contributed by atoms with E-state index in [9.17, 15) is 9.90 Å². The Bertz CT molecular complexity index is 998. The number of allylic oxidation sites excluding steroid dienone is 2. The Balaban J connectivity index is 2.98. The Morgan fingerprint density at radius 3 is 2.38 bits per heavy atom. The zero-order valence-corrected chi connectivity index (χ0v) is 28.6. The Labute approximate surface area is 248 Å². The second-order valence-corrected chi connectivity index (χ2v) is 18.2. The number of nitrogens with one attached hydrogen (secondary N) is 1. The summed E-state index contributed by atoms with van der Waals surface area (Å²) in [5.41, 5.74) is 1.64. The number of carbonyl (C=O) groups excluding carboxylic acids is 1. The van der Waals surface area contributed by atoms with Gasteiger partial charge >= 0.3 is 6.09 Å². The normalized spacial score (nSPS) is 17.8. The van der Waals surface area contributed by atoms with Crippen molar-refractivity contribution in [1.29, 1.82) is 0 Å². The van der Waals surface area contributed by atoms with Crippen molar-refractivity contribution in [1.82, 2.24) is 10.3 Å². The molecule has 0 radical (unpaired) electrons. The predicted octanol–water partition coefficient (Wildman–Crippen LogP) is 7.99. The van der Waals surface area contributed by atoms with Gasteiger partial charge in [0.05, 0.1) is 17.9 Å². The SMILES string of the molecule is C=C[C@@H](O[Si](C)(C)C(C)(C)C)[C@H](C)[C@H](OC)/C(C)=C/C=C/[C@H](C)[C@H](O)c1csc([C@H](CC(C)C)OC(=O)NC)n1. The van der Waals surface area contributed by atoms with Crippen molar-refractivity contribution in [3.63, 3.8) is 0 Å². The van der Waals surface area contributed by atoms with E-state index < -0.39 is 26.6 Å². The molecule has 1 amide bonds. The standard InChI is InChI=1S/C31H54N2O5SSi/c1-14-25(38-40(12,13)31(7,8)9)23(6)28(36-11)22(5)17-15-16-21(4)27(34)24-19-39-29(33-24)26(18-20(2)3)37-30(35)32-10/h14-17,19-21,23,25-28,34H,1,18H2,2-13H3,(H,32,35)/b16-15+,22-17+/t21-,23-,25+,26-,27-,28+/m0/s1. The van der Waals surface area contributed by atoms with Gasteiger partial charge in [-0.2, -0.15) is 0 Å². The zero-order chi connectivity index (χ0) is 30.8.